The lowest BCUT2D eigenvalue weighted by Crippen LogP contribution is -2.10. The first-order chi connectivity index (χ1) is 14.6. The van der Waals surface area contributed by atoms with E-state index in [0.29, 0.717) is 10.8 Å². The molecule has 3 rings (SSSR count). The molecule has 1 aromatic carbocycles. The summed E-state index contributed by atoms with van der Waals surface area (Å²) in [5, 5.41) is 18.7. The van der Waals surface area contributed by atoms with Crippen LogP contribution in [0.1, 0.15) is 71.5 Å². The largest absolute Gasteiger partial charge is 0.477 e. The minimum Gasteiger partial charge on any atom is -0.477 e. The zero-order valence-electron chi connectivity index (χ0n) is 17.5. The maximum Gasteiger partial charge on any atom is 0.345 e. The summed E-state index contributed by atoms with van der Waals surface area (Å²) >= 11 is 3.28. The molecule has 2 aromatic rings. The summed E-state index contributed by atoms with van der Waals surface area (Å²) in [5.74, 6) is 0.945. The molecule has 158 valence electrons. The van der Waals surface area contributed by atoms with Crippen molar-refractivity contribution >= 4 is 29.1 Å². The molecule has 5 heteroatoms. The normalized spacial score (nSPS) is 18.2. The molecule has 3 nitrogen and oxygen atoms in total. The third kappa shape index (κ3) is 6.00. The summed E-state index contributed by atoms with van der Waals surface area (Å²) in [4.78, 5) is 13.9. The molecule has 1 unspecified atom stereocenters. The van der Waals surface area contributed by atoms with Crippen molar-refractivity contribution < 1.29 is 9.90 Å². The summed E-state index contributed by atoms with van der Waals surface area (Å²) in [6, 6.07) is 14.9. The van der Waals surface area contributed by atoms with Gasteiger partial charge >= 0.3 is 5.97 Å². The third-order valence-electron chi connectivity index (χ3n) is 5.70. The van der Waals surface area contributed by atoms with Gasteiger partial charge in [-0.1, -0.05) is 38.0 Å². The number of carboxylic acid groups (broad SMARTS) is 1. The molecule has 0 spiro atoms. The first-order valence-corrected chi connectivity index (χ1v) is 12.6. The van der Waals surface area contributed by atoms with Gasteiger partial charge in [-0.3, -0.25) is 0 Å². The highest BCUT2D eigenvalue weighted by molar-refractivity contribution is 7.99. The molecule has 0 fully saturated rings. The van der Waals surface area contributed by atoms with Crippen molar-refractivity contribution in [3.05, 3.63) is 63.4 Å². The van der Waals surface area contributed by atoms with E-state index in [1.54, 1.807) is 6.07 Å². The Morgan fingerprint density at radius 2 is 2.00 bits per heavy atom. The van der Waals surface area contributed by atoms with Gasteiger partial charge in [-0.05, 0) is 73.6 Å². The van der Waals surface area contributed by atoms with Crippen molar-refractivity contribution in [1.29, 1.82) is 5.26 Å². The number of nitriles is 1. The number of hydrogen-bond acceptors (Lipinski definition) is 4. The highest BCUT2D eigenvalue weighted by Crippen LogP contribution is 2.42. The summed E-state index contributed by atoms with van der Waals surface area (Å²) in [7, 11) is 0. The molecule has 0 aliphatic heterocycles. The monoisotopic (exact) mass is 439 g/mol. The average molecular weight is 440 g/mol. The number of carbonyl (C=O) groups is 1. The number of nitrogens with zero attached hydrogens (tertiary/aromatic N) is 1. The molecule has 1 N–H and O–H groups in total. The maximum atomic E-state index is 11.0. The van der Waals surface area contributed by atoms with E-state index in [2.05, 4.69) is 43.3 Å². The number of rotatable bonds is 11. The Morgan fingerprint density at radius 1 is 1.20 bits per heavy atom. The van der Waals surface area contributed by atoms with Gasteiger partial charge in [0.05, 0.1) is 6.07 Å². The molecule has 1 aliphatic rings. The Kier molecular flexibility index (Phi) is 8.60. The van der Waals surface area contributed by atoms with Gasteiger partial charge in [0.2, 0.25) is 0 Å². The highest BCUT2D eigenvalue weighted by atomic mass is 32.2. The Morgan fingerprint density at radius 3 is 2.67 bits per heavy atom. The molecule has 0 saturated carbocycles. The van der Waals surface area contributed by atoms with E-state index < -0.39 is 5.97 Å². The van der Waals surface area contributed by atoms with Crippen LogP contribution in [0.15, 0.2) is 52.9 Å². The lowest BCUT2D eigenvalue weighted by atomic mass is 9.82. The number of thiophene rings is 1. The molecule has 2 atom stereocenters. The lowest BCUT2D eigenvalue weighted by Gasteiger charge is -2.21. The van der Waals surface area contributed by atoms with Crippen LogP contribution in [0.3, 0.4) is 0 Å². The van der Waals surface area contributed by atoms with Crippen LogP contribution in [0.25, 0.3) is 0 Å². The van der Waals surface area contributed by atoms with E-state index in [4.69, 9.17) is 5.11 Å². The van der Waals surface area contributed by atoms with Crippen LogP contribution < -0.4 is 0 Å². The summed E-state index contributed by atoms with van der Waals surface area (Å²) in [6.45, 7) is 2.23. The number of aromatic carboxylic acids is 1. The molecular formula is C25H29NO2S2. The van der Waals surface area contributed by atoms with Crippen LogP contribution in [-0.2, 0) is 6.42 Å². The Balaban J connectivity index is 1.57. The van der Waals surface area contributed by atoms with Crippen molar-refractivity contribution in [3.63, 3.8) is 0 Å². The van der Waals surface area contributed by atoms with Crippen LogP contribution in [0.5, 0.6) is 0 Å². The molecule has 0 radical (unpaired) electrons. The number of unbranched alkanes of at least 4 members (excludes halogenated alkanes) is 2. The second-order valence-corrected chi connectivity index (χ2v) is 10.2. The molecule has 0 bridgehead atoms. The van der Waals surface area contributed by atoms with Gasteiger partial charge in [-0.2, -0.15) is 5.26 Å². The number of hydrogen-bond donors (Lipinski definition) is 1. The number of aryl methyl sites for hydroxylation is 1. The van der Waals surface area contributed by atoms with Crippen molar-refractivity contribution in [1.82, 2.24) is 0 Å². The zero-order chi connectivity index (χ0) is 21.3. The van der Waals surface area contributed by atoms with Gasteiger partial charge in [0.15, 0.2) is 0 Å². The second kappa shape index (κ2) is 11.4. The average Bonchev–Trinajstić information content (AvgIpc) is 3.39. The molecule has 0 saturated heterocycles. The first kappa shape index (κ1) is 22.7. The molecular weight excluding hydrogens is 410 g/mol. The number of benzene rings is 1. The van der Waals surface area contributed by atoms with E-state index in [1.165, 1.54) is 41.1 Å². The third-order valence-corrected chi connectivity index (χ3v) is 7.93. The van der Waals surface area contributed by atoms with E-state index in [-0.39, 0.29) is 5.92 Å². The Labute approximate surface area is 187 Å². The van der Waals surface area contributed by atoms with Gasteiger partial charge in [0, 0.05) is 21.3 Å². The van der Waals surface area contributed by atoms with Gasteiger partial charge in [-0.25, -0.2) is 4.79 Å². The van der Waals surface area contributed by atoms with Crippen molar-refractivity contribution in [2.24, 2.45) is 5.92 Å². The van der Waals surface area contributed by atoms with Crippen LogP contribution >= 0.6 is 23.1 Å². The summed E-state index contributed by atoms with van der Waals surface area (Å²) in [5.41, 5.74) is 2.14. The lowest BCUT2D eigenvalue weighted by molar-refractivity contribution is 0.0702. The predicted molar refractivity (Wildman–Crippen MR) is 125 cm³/mol. The maximum absolute atomic E-state index is 11.0. The van der Waals surface area contributed by atoms with Gasteiger partial charge < -0.3 is 5.11 Å². The van der Waals surface area contributed by atoms with E-state index in [1.807, 2.05) is 17.8 Å². The number of carboxylic acids is 1. The van der Waals surface area contributed by atoms with E-state index in [9.17, 15) is 10.1 Å². The minimum atomic E-state index is -0.850. The van der Waals surface area contributed by atoms with Crippen LogP contribution in [0, 0.1) is 17.2 Å². The SMILES string of the molecule is CCCCCSc1ccc([C@H]2C(C#N)=CCC2CCCc2ccc(C(=O)O)s2)cc1. The predicted octanol–water partition coefficient (Wildman–Crippen LogP) is 7.30. The fraction of sp³-hybridized carbons (Fsp3) is 0.440. The smallest absolute Gasteiger partial charge is 0.345 e. The van der Waals surface area contributed by atoms with Crippen molar-refractivity contribution in [2.45, 2.75) is 62.7 Å². The van der Waals surface area contributed by atoms with Gasteiger partial charge in [0.25, 0.3) is 0 Å². The Bertz CT molecular complexity index is 908. The fourth-order valence-electron chi connectivity index (χ4n) is 4.13. The zero-order valence-corrected chi connectivity index (χ0v) is 19.1. The number of allylic oxidation sites excluding steroid dienone is 2. The molecule has 1 heterocycles. The summed E-state index contributed by atoms with van der Waals surface area (Å²) < 4.78 is 0. The van der Waals surface area contributed by atoms with Crippen LogP contribution in [-0.4, -0.2) is 16.8 Å². The number of thioether (sulfide) groups is 1. The topological polar surface area (TPSA) is 61.1 Å². The molecule has 1 aliphatic carbocycles. The van der Waals surface area contributed by atoms with E-state index >= 15 is 0 Å². The fourth-order valence-corrected chi connectivity index (χ4v) is 5.93. The summed E-state index contributed by atoms with van der Waals surface area (Å²) in [6.07, 6.45) is 9.80. The quantitative estimate of drug-likeness (QED) is 0.295. The minimum absolute atomic E-state index is 0.187. The van der Waals surface area contributed by atoms with E-state index in [0.717, 1.165) is 41.9 Å². The van der Waals surface area contributed by atoms with Crippen molar-refractivity contribution in [3.8, 4) is 6.07 Å². The van der Waals surface area contributed by atoms with Crippen molar-refractivity contribution in [2.75, 3.05) is 5.75 Å². The van der Waals surface area contributed by atoms with Gasteiger partial charge in [-0.15, -0.1) is 23.1 Å². The molecule has 1 aromatic heterocycles. The molecule has 0 amide bonds. The Hall–Kier alpha value is -2.03. The highest BCUT2D eigenvalue weighted by Gasteiger charge is 2.30. The first-order valence-electron chi connectivity index (χ1n) is 10.8. The van der Waals surface area contributed by atoms with Gasteiger partial charge in [0.1, 0.15) is 4.88 Å². The van der Waals surface area contributed by atoms with Crippen LogP contribution in [0.2, 0.25) is 0 Å². The standard InChI is InChI=1S/C25H29NO2S2/c1-2-3-4-16-29-21-12-10-19(11-13-21)24-18(8-9-20(24)17-26)6-5-7-22-14-15-23(30-22)25(27)28/h9-15,18,24H,2-8,16H2,1H3,(H,27,28)/t18?,24-/m0/s1. The van der Waals surface area contributed by atoms with Crippen LogP contribution in [0.4, 0.5) is 0 Å². The molecule has 30 heavy (non-hydrogen) atoms. The second-order valence-electron chi connectivity index (χ2n) is 7.83.